The Morgan fingerprint density at radius 3 is 2.95 bits per heavy atom. The average Bonchev–Trinajstić information content (AvgIpc) is 2.33. The number of rotatable bonds is 7. The number of hydrogen-bond acceptors (Lipinski definition) is 5. The van der Waals surface area contributed by atoms with Crippen LogP contribution in [0.5, 0.6) is 0 Å². The lowest BCUT2D eigenvalue weighted by Gasteiger charge is -2.31. The summed E-state index contributed by atoms with van der Waals surface area (Å²) in [6.07, 6.45) is 2.40. The Bertz CT molecular complexity index is 381. The fraction of sp³-hybridized carbons (Fsp3) is 0.600. The summed E-state index contributed by atoms with van der Waals surface area (Å²) in [6.45, 7) is 0.116. The van der Waals surface area contributed by atoms with Gasteiger partial charge in [0.25, 0.3) is 0 Å². The summed E-state index contributed by atoms with van der Waals surface area (Å²) < 4.78 is 0. The Hall–Kier alpha value is -2.16. The predicted molar refractivity (Wildman–Crippen MR) is 67.6 cm³/mol. The summed E-state index contributed by atoms with van der Waals surface area (Å²) in [5, 5.41) is 2.59. The molecule has 1 saturated heterocycles. The highest BCUT2D eigenvalue weighted by Gasteiger charge is 2.32. The minimum Gasteiger partial charge on any atom is -0.368 e. The van der Waals surface area contributed by atoms with Gasteiger partial charge in [0.15, 0.2) is 0 Å². The summed E-state index contributed by atoms with van der Waals surface area (Å²) in [6, 6.07) is -0.623. The van der Waals surface area contributed by atoms with Crippen molar-refractivity contribution in [1.82, 2.24) is 15.6 Å². The van der Waals surface area contributed by atoms with Gasteiger partial charge in [0, 0.05) is 6.54 Å². The zero-order valence-electron chi connectivity index (χ0n) is 10.5. The zero-order valence-corrected chi connectivity index (χ0v) is 10.5. The number of amides is 3. The fourth-order valence-corrected chi connectivity index (χ4v) is 1.79. The van der Waals surface area contributed by atoms with Gasteiger partial charge in [-0.25, -0.2) is 5.84 Å². The maximum atomic E-state index is 12.0. The average molecular weight is 270 g/mol. The van der Waals surface area contributed by atoms with Gasteiger partial charge in [0.05, 0.1) is 12.9 Å². The second kappa shape index (κ2) is 7.31. The summed E-state index contributed by atoms with van der Waals surface area (Å²) >= 11 is 0. The fourth-order valence-electron chi connectivity index (χ4n) is 1.79. The van der Waals surface area contributed by atoms with Gasteiger partial charge in [0.1, 0.15) is 12.6 Å². The number of carbonyl (C=O) groups is 3. The zero-order chi connectivity index (χ0) is 14.3. The van der Waals surface area contributed by atoms with Gasteiger partial charge in [-0.15, -0.1) is 0 Å². The smallest absolute Gasteiger partial charge is 0.246 e. The van der Waals surface area contributed by atoms with Crippen LogP contribution >= 0.6 is 0 Å². The molecule has 1 rings (SSSR count). The maximum Gasteiger partial charge on any atom is 0.246 e. The molecule has 0 aromatic carbocycles. The molecular formula is C10H18N6O3. The van der Waals surface area contributed by atoms with E-state index in [1.807, 2.05) is 0 Å². The maximum absolute atomic E-state index is 12.0. The first-order valence-electron chi connectivity index (χ1n) is 5.85. The molecule has 9 nitrogen and oxygen atoms in total. The van der Waals surface area contributed by atoms with Crippen molar-refractivity contribution in [3.8, 4) is 0 Å². The number of carbonyl (C=O) groups excluding carboxylic acids is 3. The third-order valence-electron chi connectivity index (χ3n) is 2.57. The van der Waals surface area contributed by atoms with Crippen molar-refractivity contribution in [3.05, 3.63) is 0 Å². The molecule has 1 aliphatic rings. The molecule has 3 amide bonds. The molecule has 1 fully saturated rings. The molecule has 9 heteroatoms. The molecule has 0 unspecified atom stereocenters. The van der Waals surface area contributed by atoms with E-state index >= 15 is 0 Å². The quantitative estimate of drug-likeness (QED) is 0.129. The molecule has 0 aromatic rings. The number of aliphatic imine (C=N–C) groups is 1. The third kappa shape index (κ3) is 4.92. The molecule has 0 saturated carbocycles. The molecule has 1 aliphatic heterocycles. The van der Waals surface area contributed by atoms with Gasteiger partial charge < -0.3 is 21.4 Å². The molecule has 0 radical (unpaired) electrons. The van der Waals surface area contributed by atoms with Gasteiger partial charge in [-0.1, -0.05) is 0 Å². The molecule has 106 valence electrons. The molecular weight excluding hydrogens is 252 g/mol. The minimum atomic E-state index is -0.638. The van der Waals surface area contributed by atoms with Crippen LogP contribution in [0, 0.1) is 0 Å². The van der Waals surface area contributed by atoms with E-state index in [0.29, 0.717) is 19.4 Å². The molecule has 1 atom stereocenters. The number of primary amides is 1. The predicted octanol–water partition coefficient (Wildman–Crippen LogP) is -2.93. The largest absolute Gasteiger partial charge is 0.368 e. The van der Waals surface area contributed by atoms with E-state index in [-0.39, 0.29) is 24.9 Å². The van der Waals surface area contributed by atoms with E-state index in [1.165, 1.54) is 6.34 Å². The summed E-state index contributed by atoms with van der Waals surface area (Å²) in [7, 11) is 0. The first-order valence-corrected chi connectivity index (χ1v) is 5.85. The Morgan fingerprint density at radius 1 is 1.58 bits per heavy atom. The lowest BCUT2D eigenvalue weighted by atomic mass is 10.1. The van der Waals surface area contributed by atoms with E-state index in [9.17, 15) is 14.4 Å². The highest BCUT2D eigenvalue weighted by Crippen LogP contribution is 2.07. The van der Waals surface area contributed by atoms with Gasteiger partial charge >= 0.3 is 0 Å². The lowest BCUT2D eigenvalue weighted by molar-refractivity contribution is -0.146. The minimum absolute atomic E-state index is 0.131. The van der Waals surface area contributed by atoms with Crippen LogP contribution < -0.4 is 22.3 Å². The van der Waals surface area contributed by atoms with Crippen LogP contribution in [-0.4, -0.2) is 54.6 Å². The van der Waals surface area contributed by atoms with E-state index in [1.54, 1.807) is 0 Å². The van der Waals surface area contributed by atoms with Crippen LogP contribution in [0.25, 0.3) is 0 Å². The topological polar surface area (TPSA) is 143 Å². The Kier molecular flexibility index (Phi) is 5.73. The van der Waals surface area contributed by atoms with E-state index in [4.69, 9.17) is 11.6 Å². The molecule has 0 spiro atoms. The van der Waals surface area contributed by atoms with Crippen LogP contribution in [0.4, 0.5) is 0 Å². The van der Waals surface area contributed by atoms with Gasteiger partial charge in [0.2, 0.25) is 17.7 Å². The number of nitrogens with zero attached hydrogens (tertiary/aromatic N) is 2. The monoisotopic (exact) mass is 270 g/mol. The number of hydrazine groups is 1. The van der Waals surface area contributed by atoms with E-state index in [2.05, 4.69) is 15.7 Å². The number of hydrogen-bond donors (Lipinski definition) is 4. The second-order valence-electron chi connectivity index (χ2n) is 4.12. The van der Waals surface area contributed by atoms with Crippen LogP contribution in [0.1, 0.15) is 12.8 Å². The normalized spacial score (nSPS) is 19.6. The molecule has 0 bridgehead atoms. The standard InChI is InChI=1S/C10H18N6O3/c11-8(17)4-16-5-9(18)15-7(10(16)19)2-1-3-13-6-14-12/h6-7H,1-5,12H2,(H2,11,17)(H,13,14)(H,15,18)/t7-/m1/s1. The number of piperazine rings is 1. The van der Waals surface area contributed by atoms with E-state index < -0.39 is 11.9 Å². The first-order chi connectivity index (χ1) is 9.04. The number of nitrogens with two attached hydrogens (primary N) is 2. The molecule has 1 heterocycles. The van der Waals surface area contributed by atoms with Crippen molar-refractivity contribution < 1.29 is 14.4 Å². The van der Waals surface area contributed by atoms with Crippen LogP contribution in [0.2, 0.25) is 0 Å². The highest BCUT2D eigenvalue weighted by molar-refractivity contribution is 5.96. The van der Waals surface area contributed by atoms with Crippen molar-refractivity contribution in [1.29, 1.82) is 0 Å². The van der Waals surface area contributed by atoms with Gasteiger partial charge in [-0.05, 0) is 12.8 Å². The molecule has 19 heavy (non-hydrogen) atoms. The lowest BCUT2D eigenvalue weighted by Crippen LogP contribution is -2.59. The number of nitrogens with one attached hydrogen (secondary N) is 2. The second-order valence-corrected chi connectivity index (χ2v) is 4.12. The van der Waals surface area contributed by atoms with Crippen molar-refractivity contribution >= 4 is 24.1 Å². The van der Waals surface area contributed by atoms with Crippen molar-refractivity contribution in [3.63, 3.8) is 0 Å². The van der Waals surface area contributed by atoms with Crippen molar-refractivity contribution in [2.24, 2.45) is 16.6 Å². The van der Waals surface area contributed by atoms with Crippen molar-refractivity contribution in [2.75, 3.05) is 19.6 Å². The van der Waals surface area contributed by atoms with E-state index in [0.717, 1.165) is 4.90 Å². The molecule has 0 aromatic heterocycles. The Balaban J connectivity index is 2.47. The van der Waals surface area contributed by atoms with Crippen LogP contribution in [0.3, 0.4) is 0 Å². The Morgan fingerprint density at radius 2 is 2.32 bits per heavy atom. The Labute approximate surface area is 110 Å². The third-order valence-corrected chi connectivity index (χ3v) is 2.57. The SMILES string of the molecule is NNC=NCCC[C@H]1NC(=O)CN(CC(N)=O)C1=O. The van der Waals surface area contributed by atoms with Crippen LogP contribution in [0.15, 0.2) is 4.99 Å². The molecule has 6 N–H and O–H groups in total. The van der Waals surface area contributed by atoms with Crippen LogP contribution in [-0.2, 0) is 14.4 Å². The summed E-state index contributed by atoms with van der Waals surface area (Å²) in [5.74, 6) is 3.77. The highest BCUT2D eigenvalue weighted by atomic mass is 16.2. The van der Waals surface area contributed by atoms with Gasteiger partial charge in [-0.2, -0.15) is 0 Å². The van der Waals surface area contributed by atoms with Crippen molar-refractivity contribution in [2.45, 2.75) is 18.9 Å². The summed E-state index contributed by atoms with van der Waals surface area (Å²) in [4.78, 5) is 39.3. The first kappa shape index (κ1) is 14.9. The summed E-state index contributed by atoms with van der Waals surface area (Å²) in [5.41, 5.74) is 7.29. The van der Waals surface area contributed by atoms with Gasteiger partial charge in [-0.3, -0.25) is 19.4 Å². The molecule has 0 aliphatic carbocycles.